The zero-order chi connectivity index (χ0) is 14.9. The standard InChI is InChI=1S/C15H20N4O2.ClH/c1-21-10-9-16-7-8-17-15(20)13-11-18-19(12-13)14-5-3-2-4-6-14;/h2-6,11-12,16H,7-10H2,1H3,(H,17,20);1H. The molecular weight excluding hydrogens is 304 g/mol. The number of carbonyl (C=O) groups excluding carboxylic acids is 1. The first-order chi connectivity index (χ1) is 10.3. The van der Waals surface area contributed by atoms with Crippen LogP contribution in [0.25, 0.3) is 5.69 Å². The lowest BCUT2D eigenvalue weighted by atomic mass is 10.3. The van der Waals surface area contributed by atoms with Crippen molar-refractivity contribution in [3.05, 3.63) is 48.3 Å². The Balaban J connectivity index is 0.00000242. The lowest BCUT2D eigenvalue weighted by Crippen LogP contribution is -2.32. The Morgan fingerprint density at radius 2 is 2.00 bits per heavy atom. The Bertz CT molecular complexity index is 560. The minimum Gasteiger partial charge on any atom is -0.383 e. The molecule has 7 heteroatoms. The molecule has 0 saturated carbocycles. The van der Waals surface area contributed by atoms with E-state index in [1.807, 2.05) is 30.3 Å². The molecule has 2 aromatic rings. The minimum absolute atomic E-state index is 0. The molecule has 0 atom stereocenters. The number of rotatable bonds is 8. The average molecular weight is 325 g/mol. The fraction of sp³-hybridized carbons (Fsp3) is 0.333. The van der Waals surface area contributed by atoms with E-state index in [1.54, 1.807) is 24.2 Å². The zero-order valence-corrected chi connectivity index (χ0v) is 13.3. The van der Waals surface area contributed by atoms with Gasteiger partial charge in [-0.3, -0.25) is 4.79 Å². The van der Waals surface area contributed by atoms with Gasteiger partial charge in [0, 0.05) is 32.9 Å². The molecule has 0 aliphatic carbocycles. The molecule has 1 heterocycles. The van der Waals surface area contributed by atoms with Gasteiger partial charge in [-0.2, -0.15) is 5.10 Å². The largest absolute Gasteiger partial charge is 0.383 e. The van der Waals surface area contributed by atoms with Crippen LogP contribution in [0.2, 0.25) is 0 Å². The van der Waals surface area contributed by atoms with Gasteiger partial charge in [0.25, 0.3) is 5.91 Å². The number of carbonyl (C=O) groups is 1. The number of methoxy groups -OCH3 is 1. The van der Waals surface area contributed by atoms with E-state index < -0.39 is 0 Å². The van der Waals surface area contributed by atoms with Gasteiger partial charge < -0.3 is 15.4 Å². The van der Waals surface area contributed by atoms with E-state index in [4.69, 9.17) is 4.74 Å². The van der Waals surface area contributed by atoms with Crippen molar-refractivity contribution in [1.82, 2.24) is 20.4 Å². The number of para-hydroxylation sites is 1. The number of hydrogen-bond donors (Lipinski definition) is 2. The second kappa shape index (κ2) is 9.94. The number of nitrogens with zero attached hydrogens (tertiary/aromatic N) is 2. The summed E-state index contributed by atoms with van der Waals surface area (Å²) in [4.78, 5) is 12.0. The molecule has 22 heavy (non-hydrogen) atoms. The van der Waals surface area contributed by atoms with Crippen LogP contribution < -0.4 is 10.6 Å². The SMILES string of the molecule is COCCNCCNC(=O)c1cnn(-c2ccccc2)c1.Cl. The maximum atomic E-state index is 12.0. The van der Waals surface area contributed by atoms with Gasteiger partial charge in [0.1, 0.15) is 0 Å². The molecule has 2 N–H and O–H groups in total. The highest BCUT2D eigenvalue weighted by molar-refractivity contribution is 5.93. The Kier molecular flexibility index (Phi) is 8.21. The van der Waals surface area contributed by atoms with Gasteiger partial charge in [0.05, 0.1) is 24.1 Å². The highest BCUT2D eigenvalue weighted by Gasteiger charge is 2.08. The number of ether oxygens (including phenoxy) is 1. The van der Waals surface area contributed by atoms with Crippen molar-refractivity contribution in [3.8, 4) is 5.69 Å². The molecular formula is C15H21ClN4O2. The summed E-state index contributed by atoms with van der Waals surface area (Å²) >= 11 is 0. The van der Waals surface area contributed by atoms with Gasteiger partial charge in [-0.25, -0.2) is 4.68 Å². The van der Waals surface area contributed by atoms with Gasteiger partial charge >= 0.3 is 0 Å². The number of nitrogens with one attached hydrogen (secondary N) is 2. The van der Waals surface area contributed by atoms with Crippen molar-refractivity contribution < 1.29 is 9.53 Å². The predicted octanol–water partition coefficient (Wildman–Crippen LogP) is 1.26. The van der Waals surface area contributed by atoms with Crippen molar-refractivity contribution in [2.45, 2.75) is 0 Å². The third kappa shape index (κ3) is 5.48. The highest BCUT2D eigenvalue weighted by atomic mass is 35.5. The first kappa shape index (κ1) is 18.2. The average Bonchev–Trinajstić information content (AvgIpc) is 3.01. The van der Waals surface area contributed by atoms with Gasteiger partial charge in [-0.15, -0.1) is 12.4 Å². The molecule has 0 fully saturated rings. The predicted molar refractivity (Wildman–Crippen MR) is 87.9 cm³/mol. The second-order valence-electron chi connectivity index (χ2n) is 4.51. The summed E-state index contributed by atoms with van der Waals surface area (Å²) < 4.78 is 6.61. The van der Waals surface area contributed by atoms with E-state index >= 15 is 0 Å². The lowest BCUT2D eigenvalue weighted by molar-refractivity contribution is 0.0953. The van der Waals surface area contributed by atoms with Crippen molar-refractivity contribution in [2.75, 3.05) is 33.4 Å². The van der Waals surface area contributed by atoms with Gasteiger partial charge in [-0.05, 0) is 12.1 Å². The molecule has 0 aliphatic rings. The molecule has 0 spiro atoms. The van der Waals surface area contributed by atoms with E-state index in [9.17, 15) is 4.79 Å². The molecule has 0 bridgehead atoms. The molecule has 2 rings (SSSR count). The van der Waals surface area contributed by atoms with Crippen molar-refractivity contribution in [3.63, 3.8) is 0 Å². The van der Waals surface area contributed by atoms with Crippen LogP contribution in [0.15, 0.2) is 42.7 Å². The summed E-state index contributed by atoms with van der Waals surface area (Å²) in [7, 11) is 1.66. The van der Waals surface area contributed by atoms with E-state index in [2.05, 4.69) is 15.7 Å². The summed E-state index contributed by atoms with van der Waals surface area (Å²) in [5.41, 5.74) is 1.48. The highest BCUT2D eigenvalue weighted by Crippen LogP contribution is 2.07. The monoisotopic (exact) mass is 324 g/mol. The van der Waals surface area contributed by atoms with Crippen molar-refractivity contribution in [1.29, 1.82) is 0 Å². The quantitative estimate of drug-likeness (QED) is 0.717. The molecule has 0 saturated heterocycles. The van der Waals surface area contributed by atoms with Crippen LogP contribution in [0.5, 0.6) is 0 Å². The summed E-state index contributed by atoms with van der Waals surface area (Å²) in [5.74, 6) is -0.120. The van der Waals surface area contributed by atoms with Crippen LogP contribution in [0.1, 0.15) is 10.4 Å². The first-order valence-corrected chi connectivity index (χ1v) is 6.89. The van der Waals surface area contributed by atoms with E-state index in [-0.39, 0.29) is 18.3 Å². The molecule has 1 amide bonds. The number of halogens is 1. The lowest BCUT2D eigenvalue weighted by Gasteiger charge is -2.05. The van der Waals surface area contributed by atoms with Gasteiger partial charge in [-0.1, -0.05) is 18.2 Å². The van der Waals surface area contributed by atoms with Crippen LogP contribution in [-0.2, 0) is 4.74 Å². The van der Waals surface area contributed by atoms with Crippen LogP contribution in [0, 0.1) is 0 Å². The number of hydrogen-bond acceptors (Lipinski definition) is 4. The first-order valence-electron chi connectivity index (χ1n) is 6.89. The molecule has 0 unspecified atom stereocenters. The van der Waals surface area contributed by atoms with Crippen LogP contribution in [0.3, 0.4) is 0 Å². The number of amides is 1. The van der Waals surface area contributed by atoms with E-state index in [1.165, 1.54) is 0 Å². The maximum absolute atomic E-state index is 12.0. The smallest absolute Gasteiger partial charge is 0.254 e. The minimum atomic E-state index is -0.120. The Morgan fingerprint density at radius 3 is 2.73 bits per heavy atom. The summed E-state index contributed by atoms with van der Waals surface area (Å²) in [6.07, 6.45) is 3.30. The fourth-order valence-corrected chi connectivity index (χ4v) is 1.83. The van der Waals surface area contributed by atoms with E-state index in [0.29, 0.717) is 25.3 Å². The van der Waals surface area contributed by atoms with Crippen LogP contribution >= 0.6 is 12.4 Å². The molecule has 0 aliphatic heterocycles. The van der Waals surface area contributed by atoms with Gasteiger partial charge in [0.2, 0.25) is 0 Å². The van der Waals surface area contributed by atoms with Crippen molar-refractivity contribution in [2.24, 2.45) is 0 Å². The molecule has 1 aromatic heterocycles. The zero-order valence-electron chi connectivity index (χ0n) is 12.5. The Hall–Kier alpha value is -1.89. The summed E-state index contributed by atoms with van der Waals surface area (Å²) in [6, 6.07) is 9.69. The Labute approximate surface area is 136 Å². The second-order valence-corrected chi connectivity index (χ2v) is 4.51. The molecule has 1 aromatic carbocycles. The van der Waals surface area contributed by atoms with Gasteiger partial charge in [0.15, 0.2) is 0 Å². The van der Waals surface area contributed by atoms with E-state index in [0.717, 1.165) is 12.2 Å². The fourth-order valence-electron chi connectivity index (χ4n) is 1.83. The molecule has 6 nitrogen and oxygen atoms in total. The summed E-state index contributed by atoms with van der Waals surface area (Å²) in [5, 5.41) is 10.2. The maximum Gasteiger partial charge on any atom is 0.254 e. The third-order valence-electron chi connectivity index (χ3n) is 2.94. The topological polar surface area (TPSA) is 68.2 Å². The van der Waals surface area contributed by atoms with Crippen LogP contribution in [-0.4, -0.2) is 49.0 Å². The number of aromatic nitrogens is 2. The Morgan fingerprint density at radius 1 is 1.23 bits per heavy atom. The summed E-state index contributed by atoms with van der Waals surface area (Å²) in [6.45, 7) is 2.72. The third-order valence-corrected chi connectivity index (χ3v) is 2.94. The molecule has 120 valence electrons. The molecule has 0 radical (unpaired) electrons. The normalized spacial score (nSPS) is 10.0. The number of benzene rings is 1. The van der Waals surface area contributed by atoms with Crippen molar-refractivity contribution >= 4 is 18.3 Å². The van der Waals surface area contributed by atoms with Crippen LogP contribution in [0.4, 0.5) is 0 Å².